The third-order valence-electron chi connectivity index (χ3n) is 4.19. The van der Waals surface area contributed by atoms with E-state index in [1.165, 1.54) is 12.3 Å². The predicted molar refractivity (Wildman–Crippen MR) is 87.0 cm³/mol. The average Bonchev–Trinajstić information content (AvgIpc) is 2.93. The molecule has 0 saturated carbocycles. The number of nitrogens with zero attached hydrogens (tertiary/aromatic N) is 3. The molecule has 0 bridgehead atoms. The summed E-state index contributed by atoms with van der Waals surface area (Å²) in [6, 6.07) is 2.46. The molecule has 2 atom stereocenters. The van der Waals surface area contributed by atoms with E-state index in [1.54, 1.807) is 19.0 Å². The molecule has 8 heteroatoms. The second kappa shape index (κ2) is 8.14. The zero-order valence-electron chi connectivity index (χ0n) is 14.7. The van der Waals surface area contributed by atoms with Crippen LogP contribution in [0.4, 0.5) is 13.2 Å². The number of halogens is 3. The molecule has 1 aromatic rings. The van der Waals surface area contributed by atoms with Gasteiger partial charge in [0.1, 0.15) is 5.69 Å². The van der Waals surface area contributed by atoms with Crippen LogP contribution in [-0.4, -0.2) is 67.1 Å². The molecule has 0 spiro atoms. The van der Waals surface area contributed by atoms with Crippen molar-refractivity contribution in [3.05, 3.63) is 29.6 Å². The monoisotopic (exact) mass is 359 g/mol. The summed E-state index contributed by atoms with van der Waals surface area (Å²) >= 11 is 0. The molecule has 1 saturated heterocycles. The summed E-state index contributed by atoms with van der Waals surface area (Å²) in [6.07, 6.45) is -0.875. The van der Waals surface area contributed by atoms with E-state index in [0.29, 0.717) is 19.5 Å². The van der Waals surface area contributed by atoms with Gasteiger partial charge in [-0.1, -0.05) is 6.07 Å². The van der Waals surface area contributed by atoms with Crippen LogP contribution in [0.2, 0.25) is 0 Å². The first-order chi connectivity index (χ1) is 11.6. The lowest BCUT2D eigenvalue weighted by Crippen LogP contribution is -2.38. The Morgan fingerprint density at radius 2 is 1.92 bits per heavy atom. The first-order valence-electron chi connectivity index (χ1n) is 8.21. The Kier molecular flexibility index (Phi) is 6.40. The molecule has 1 aliphatic rings. The number of likely N-dealkylation sites (N-methyl/N-ethyl adjacent to an activating group) is 2. The second-order valence-corrected chi connectivity index (χ2v) is 6.70. The number of ether oxygens (including phenoxy) is 1. The Morgan fingerprint density at radius 1 is 1.24 bits per heavy atom. The Morgan fingerprint density at radius 3 is 2.48 bits per heavy atom. The molecule has 0 N–H and O–H groups in total. The molecule has 1 aromatic heterocycles. The molecule has 25 heavy (non-hydrogen) atoms. The first kappa shape index (κ1) is 19.7. The standard InChI is InChI=1S/C17H24F3N3O2/c1-22(2)16(24)11-23(3)10-14-6-5-13(25-14)8-12-4-7-15(21-9-12)17(18,19)20/h4,7,9,13-14H,5-6,8,10-11H2,1-3H3/t13-,14+/m0/s1. The average molecular weight is 359 g/mol. The van der Waals surface area contributed by atoms with Gasteiger partial charge in [-0.15, -0.1) is 0 Å². The molecular weight excluding hydrogens is 335 g/mol. The number of carbonyl (C=O) groups excluding carboxylic acids is 1. The van der Waals surface area contributed by atoms with Gasteiger partial charge in [0.2, 0.25) is 5.91 Å². The SMILES string of the molecule is CN(CC(=O)N(C)C)C[C@H]1CC[C@@H](Cc2ccc(C(F)(F)F)nc2)O1. The van der Waals surface area contributed by atoms with Gasteiger partial charge in [0.25, 0.3) is 0 Å². The zero-order chi connectivity index (χ0) is 18.6. The topological polar surface area (TPSA) is 45.7 Å². The van der Waals surface area contributed by atoms with Crippen molar-refractivity contribution >= 4 is 5.91 Å². The fraction of sp³-hybridized carbons (Fsp3) is 0.647. The molecule has 140 valence electrons. The molecule has 0 radical (unpaired) electrons. The van der Waals surface area contributed by atoms with Crippen LogP contribution in [0, 0.1) is 0 Å². The van der Waals surface area contributed by atoms with Crippen LogP contribution in [0.5, 0.6) is 0 Å². The van der Waals surface area contributed by atoms with Gasteiger partial charge in [-0.3, -0.25) is 14.7 Å². The number of aromatic nitrogens is 1. The lowest BCUT2D eigenvalue weighted by molar-refractivity contribution is -0.141. The molecule has 2 heterocycles. The highest BCUT2D eigenvalue weighted by molar-refractivity contribution is 5.77. The molecular formula is C17H24F3N3O2. The van der Waals surface area contributed by atoms with Gasteiger partial charge in [-0.05, 0) is 31.5 Å². The summed E-state index contributed by atoms with van der Waals surface area (Å²) in [4.78, 5) is 18.6. The Labute approximate surface area is 145 Å². The van der Waals surface area contributed by atoms with Crippen molar-refractivity contribution in [1.29, 1.82) is 0 Å². The fourth-order valence-electron chi connectivity index (χ4n) is 2.82. The van der Waals surface area contributed by atoms with Gasteiger partial charge in [0.05, 0.1) is 18.8 Å². The van der Waals surface area contributed by atoms with E-state index in [0.717, 1.165) is 24.5 Å². The van der Waals surface area contributed by atoms with Crippen molar-refractivity contribution in [1.82, 2.24) is 14.8 Å². The lowest BCUT2D eigenvalue weighted by atomic mass is 10.1. The van der Waals surface area contributed by atoms with E-state index >= 15 is 0 Å². The first-order valence-corrected chi connectivity index (χ1v) is 8.21. The van der Waals surface area contributed by atoms with Gasteiger partial charge >= 0.3 is 6.18 Å². The van der Waals surface area contributed by atoms with Crippen LogP contribution in [0.25, 0.3) is 0 Å². The van der Waals surface area contributed by atoms with Crippen molar-refractivity contribution in [3.63, 3.8) is 0 Å². The summed E-state index contributed by atoms with van der Waals surface area (Å²) in [6.45, 7) is 0.988. The van der Waals surface area contributed by atoms with Gasteiger partial charge in [-0.25, -0.2) is 0 Å². The molecule has 0 unspecified atom stereocenters. The Balaban J connectivity index is 1.80. The van der Waals surface area contributed by atoms with Crippen molar-refractivity contribution < 1.29 is 22.7 Å². The number of alkyl halides is 3. The highest BCUT2D eigenvalue weighted by atomic mass is 19.4. The molecule has 1 aliphatic heterocycles. The molecule has 1 fully saturated rings. The summed E-state index contributed by atoms with van der Waals surface area (Å²) < 4.78 is 43.5. The minimum Gasteiger partial charge on any atom is -0.373 e. The largest absolute Gasteiger partial charge is 0.433 e. The normalized spacial score (nSPS) is 20.9. The van der Waals surface area contributed by atoms with Gasteiger partial charge in [0.15, 0.2) is 0 Å². The van der Waals surface area contributed by atoms with Crippen molar-refractivity contribution in [3.8, 4) is 0 Å². The van der Waals surface area contributed by atoms with Crippen LogP contribution in [-0.2, 0) is 22.1 Å². The highest BCUT2D eigenvalue weighted by Gasteiger charge is 2.32. The number of hydrogen-bond donors (Lipinski definition) is 0. The van der Waals surface area contributed by atoms with Gasteiger partial charge < -0.3 is 9.64 Å². The summed E-state index contributed by atoms with van der Waals surface area (Å²) in [5.41, 5.74) is -0.150. The lowest BCUT2D eigenvalue weighted by Gasteiger charge is -2.22. The van der Waals surface area contributed by atoms with Crippen LogP contribution in [0.3, 0.4) is 0 Å². The molecule has 2 rings (SSSR count). The van der Waals surface area contributed by atoms with Gasteiger partial charge in [-0.2, -0.15) is 13.2 Å². The molecule has 1 amide bonds. The summed E-state index contributed by atoms with van der Waals surface area (Å²) in [7, 11) is 5.31. The van der Waals surface area contributed by atoms with Crippen LogP contribution < -0.4 is 0 Å². The third-order valence-corrected chi connectivity index (χ3v) is 4.19. The van der Waals surface area contributed by atoms with Crippen LogP contribution in [0.1, 0.15) is 24.1 Å². The minimum atomic E-state index is -4.41. The van der Waals surface area contributed by atoms with Gasteiger partial charge in [0, 0.05) is 33.3 Å². The maximum atomic E-state index is 12.5. The third kappa shape index (κ3) is 5.97. The maximum Gasteiger partial charge on any atom is 0.433 e. The van der Waals surface area contributed by atoms with E-state index in [-0.39, 0.29) is 18.1 Å². The van der Waals surface area contributed by atoms with E-state index in [4.69, 9.17) is 4.74 Å². The highest BCUT2D eigenvalue weighted by Crippen LogP contribution is 2.28. The van der Waals surface area contributed by atoms with Crippen molar-refractivity contribution in [2.75, 3.05) is 34.2 Å². The van der Waals surface area contributed by atoms with Crippen molar-refractivity contribution in [2.24, 2.45) is 0 Å². The number of hydrogen-bond acceptors (Lipinski definition) is 4. The van der Waals surface area contributed by atoms with Crippen LogP contribution >= 0.6 is 0 Å². The van der Waals surface area contributed by atoms with E-state index in [9.17, 15) is 18.0 Å². The number of pyridine rings is 1. The molecule has 0 aromatic carbocycles. The smallest absolute Gasteiger partial charge is 0.373 e. The quantitative estimate of drug-likeness (QED) is 0.781. The number of rotatable bonds is 6. The Bertz CT molecular complexity index is 575. The van der Waals surface area contributed by atoms with Crippen LogP contribution in [0.15, 0.2) is 18.3 Å². The predicted octanol–water partition coefficient (Wildman–Crippen LogP) is 2.21. The van der Waals surface area contributed by atoms with Crippen molar-refractivity contribution in [2.45, 2.75) is 37.6 Å². The Hall–Kier alpha value is -1.67. The zero-order valence-corrected chi connectivity index (χ0v) is 14.7. The van der Waals surface area contributed by atoms with E-state index < -0.39 is 11.9 Å². The number of carbonyl (C=O) groups is 1. The van der Waals surface area contributed by atoms with E-state index in [1.807, 2.05) is 11.9 Å². The molecule has 5 nitrogen and oxygen atoms in total. The minimum absolute atomic E-state index is 0.0264. The fourth-order valence-corrected chi connectivity index (χ4v) is 2.82. The molecule has 0 aliphatic carbocycles. The summed E-state index contributed by atoms with van der Waals surface area (Å²) in [5.74, 6) is 0.0351. The number of amides is 1. The second-order valence-electron chi connectivity index (χ2n) is 6.70. The summed E-state index contributed by atoms with van der Waals surface area (Å²) in [5, 5.41) is 0. The van der Waals surface area contributed by atoms with E-state index in [2.05, 4.69) is 4.98 Å². The maximum absolute atomic E-state index is 12.5.